The van der Waals surface area contributed by atoms with Crippen molar-refractivity contribution in [3.8, 4) is 17.0 Å². The fourth-order valence-corrected chi connectivity index (χ4v) is 3.22. The molecule has 0 bridgehead atoms. The minimum atomic E-state index is 0.581. The number of nitrogens with zero attached hydrogens (tertiary/aromatic N) is 3. The Bertz CT molecular complexity index is 876. The number of hydrogen-bond acceptors (Lipinski definition) is 5. The van der Waals surface area contributed by atoms with Crippen LogP contribution in [0.3, 0.4) is 0 Å². The zero-order valence-electron chi connectivity index (χ0n) is 14.9. The Kier molecular flexibility index (Phi) is 4.69. The van der Waals surface area contributed by atoms with Gasteiger partial charge in [-0.1, -0.05) is 42.5 Å². The molecule has 5 nitrogen and oxygen atoms in total. The second-order valence-electron chi connectivity index (χ2n) is 6.32. The topological polar surface area (TPSA) is 50.3 Å². The Morgan fingerprint density at radius 2 is 1.65 bits per heavy atom. The Hall–Kier alpha value is -3.08. The van der Waals surface area contributed by atoms with Crippen molar-refractivity contribution in [2.45, 2.75) is 12.8 Å². The van der Waals surface area contributed by atoms with E-state index in [1.54, 1.807) is 7.11 Å². The molecule has 1 fully saturated rings. The highest BCUT2D eigenvalue weighted by Crippen LogP contribution is 2.29. The number of hydrogen-bond donors (Lipinski definition) is 1. The van der Waals surface area contributed by atoms with Crippen LogP contribution in [-0.4, -0.2) is 30.2 Å². The van der Waals surface area contributed by atoms with Gasteiger partial charge in [0.05, 0.1) is 18.5 Å². The van der Waals surface area contributed by atoms with Crippen molar-refractivity contribution >= 4 is 17.5 Å². The molecule has 1 aromatic heterocycles. The van der Waals surface area contributed by atoms with Gasteiger partial charge in [-0.25, -0.2) is 4.98 Å². The van der Waals surface area contributed by atoms with E-state index in [4.69, 9.17) is 14.7 Å². The maximum atomic E-state index is 5.43. The molecule has 0 unspecified atom stereocenters. The number of nitrogens with one attached hydrogen (secondary N) is 1. The van der Waals surface area contributed by atoms with Crippen LogP contribution < -0.4 is 15.0 Å². The number of anilines is 3. The van der Waals surface area contributed by atoms with Gasteiger partial charge in [0, 0.05) is 24.7 Å². The van der Waals surface area contributed by atoms with Crippen LogP contribution in [0.5, 0.6) is 5.75 Å². The summed E-state index contributed by atoms with van der Waals surface area (Å²) in [6.45, 7) is 2.08. The molecule has 0 saturated carbocycles. The predicted molar refractivity (Wildman–Crippen MR) is 105 cm³/mol. The highest BCUT2D eigenvalue weighted by molar-refractivity contribution is 5.68. The molecule has 0 amide bonds. The van der Waals surface area contributed by atoms with Crippen molar-refractivity contribution in [3.63, 3.8) is 0 Å². The van der Waals surface area contributed by atoms with Crippen LogP contribution in [0.4, 0.5) is 17.5 Å². The van der Waals surface area contributed by atoms with E-state index in [0.29, 0.717) is 5.95 Å². The number of para-hydroxylation sites is 2. The van der Waals surface area contributed by atoms with Crippen molar-refractivity contribution in [2.24, 2.45) is 0 Å². The van der Waals surface area contributed by atoms with E-state index in [-0.39, 0.29) is 0 Å². The van der Waals surface area contributed by atoms with Gasteiger partial charge in [-0.2, -0.15) is 4.98 Å². The van der Waals surface area contributed by atoms with E-state index in [1.165, 1.54) is 12.8 Å². The lowest BCUT2D eigenvalue weighted by molar-refractivity contribution is 0.417. The summed E-state index contributed by atoms with van der Waals surface area (Å²) in [7, 11) is 1.66. The SMILES string of the molecule is COc1ccccc1Nc1nc(-c2ccccc2)cc(N2CCCC2)n1. The molecule has 1 aliphatic rings. The molecule has 0 spiro atoms. The zero-order chi connectivity index (χ0) is 17.8. The van der Waals surface area contributed by atoms with Gasteiger partial charge in [0.25, 0.3) is 0 Å². The number of benzene rings is 2. The van der Waals surface area contributed by atoms with E-state index in [2.05, 4.69) is 28.4 Å². The second kappa shape index (κ2) is 7.44. The smallest absolute Gasteiger partial charge is 0.229 e. The average Bonchev–Trinajstić information content (AvgIpc) is 3.24. The molecule has 0 radical (unpaired) electrons. The molecule has 0 aliphatic carbocycles. The monoisotopic (exact) mass is 346 g/mol. The summed E-state index contributed by atoms with van der Waals surface area (Å²) in [6, 6.07) is 20.1. The molecule has 132 valence electrons. The normalized spacial score (nSPS) is 13.7. The molecule has 1 saturated heterocycles. The average molecular weight is 346 g/mol. The van der Waals surface area contributed by atoms with Crippen LogP contribution >= 0.6 is 0 Å². The Morgan fingerprint density at radius 1 is 0.923 bits per heavy atom. The highest BCUT2D eigenvalue weighted by Gasteiger charge is 2.17. The van der Waals surface area contributed by atoms with Gasteiger partial charge in [-0.15, -0.1) is 0 Å². The van der Waals surface area contributed by atoms with Gasteiger partial charge < -0.3 is 15.0 Å². The lowest BCUT2D eigenvalue weighted by Crippen LogP contribution is -2.19. The van der Waals surface area contributed by atoms with E-state index >= 15 is 0 Å². The first-order chi connectivity index (χ1) is 12.8. The van der Waals surface area contributed by atoms with Gasteiger partial charge in [0.15, 0.2) is 0 Å². The van der Waals surface area contributed by atoms with Crippen molar-refractivity contribution in [3.05, 3.63) is 60.7 Å². The molecule has 4 rings (SSSR count). The first kappa shape index (κ1) is 16.4. The molecular formula is C21H22N4O. The first-order valence-electron chi connectivity index (χ1n) is 8.93. The summed E-state index contributed by atoms with van der Waals surface area (Å²) in [5, 5.41) is 3.32. The van der Waals surface area contributed by atoms with Gasteiger partial charge in [-0.05, 0) is 25.0 Å². The third kappa shape index (κ3) is 3.47. The van der Waals surface area contributed by atoms with E-state index in [9.17, 15) is 0 Å². The summed E-state index contributed by atoms with van der Waals surface area (Å²) in [5.41, 5.74) is 2.85. The van der Waals surface area contributed by atoms with Crippen LogP contribution in [0.15, 0.2) is 60.7 Å². The molecule has 1 N–H and O–H groups in total. The summed E-state index contributed by atoms with van der Waals surface area (Å²) in [4.78, 5) is 11.8. The zero-order valence-corrected chi connectivity index (χ0v) is 14.9. The molecule has 1 aliphatic heterocycles. The Morgan fingerprint density at radius 3 is 2.42 bits per heavy atom. The first-order valence-corrected chi connectivity index (χ1v) is 8.93. The van der Waals surface area contributed by atoms with E-state index < -0.39 is 0 Å². The minimum absolute atomic E-state index is 0.581. The molecule has 2 aromatic carbocycles. The maximum Gasteiger partial charge on any atom is 0.229 e. The molecule has 5 heteroatoms. The fourth-order valence-electron chi connectivity index (χ4n) is 3.22. The van der Waals surface area contributed by atoms with Crippen LogP contribution in [0, 0.1) is 0 Å². The van der Waals surface area contributed by atoms with Crippen molar-refractivity contribution in [1.29, 1.82) is 0 Å². The lowest BCUT2D eigenvalue weighted by atomic mass is 10.1. The molecule has 2 heterocycles. The number of aromatic nitrogens is 2. The van der Waals surface area contributed by atoms with Crippen LogP contribution in [0.1, 0.15) is 12.8 Å². The largest absolute Gasteiger partial charge is 0.495 e. The number of methoxy groups -OCH3 is 1. The molecular weight excluding hydrogens is 324 g/mol. The molecule has 26 heavy (non-hydrogen) atoms. The Labute approximate surface area is 153 Å². The third-order valence-corrected chi connectivity index (χ3v) is 4.57. The quantitative estimate of drug-likeness (QED) is 0.737. The second-order valence-corrected chi connectivity index (χ2v) is 6.32. The fraction of sp³-hybridized carbons (Fsp3) is 0.238. The van der Waals surface area contributed by atoms with Crippen LogP contribution in [0.25, 0.3) is 11.3 Å². The predicted octanol–water partition coefficient (Wildman–Crippen LogP) is 4.50. The standard InChI is InChI=1S/C21H22N4O/c1-26-19-12-6-5-11-17(19)22-21-23-18(16-9-3-2-4-10-16)15-20(24-21)25-13-7-8-14-25/h2-6,9-12,15H,7-8,13-14H2,1H3,(H,22,23,24). The summed E-state index contributed by atoms with van der Waals surface area (Å²) < 4.78 is 5.43. The Balaban J connectivity index is 1.74. The van der Waals surface area contributed by atoms with Gasteiger partial charge >= 0.3 is 0 Å². The van der Waals surface area contributed by atoms with Crippen molar-refractivity contribution in [1.82, 2.24) is 9.97 Å². The number of ether oxygens (including phenoxy) is 1. The van der Waals surface area contributed by atoms with Crippen molar-refractivity contribution in [2.75, 3.05) is 30.4 Å². The summed E-state index contributed by atoms with van der Waals surface area (Å²) in [6.07, 6.45) is 2.42. The maximum absolute atomic E-state index is 5.43. The van der Waals surface area contributed by atoms with Crippen LogP contribution in [0.2, 0.25) is 0 Å². The molecule has 0 atom stereocenters. The summed E-state index contributed by atoms with van der Waals surface area (Å²) >= 11 is 0. The van der Waals surface area contributed by atoms with Gasteiger partial charge in [-0.3, -0.25) is 0 Å². The van der Waals surface area contributed by atoms with E-state index in [1.807, 2.05) is 42.5 Å². The third-order valence-electron chi connectivity index (χ3n) is 4.57. The van der Waals surface area contributed by atoms with Gasteiger partial charge in [0.1, 0.15) is 11.6 Å². The van der Waals surface area contributed by atoms with Crippen LogP contribution in [-0.2, 0) is 0 Å². The lowest BCUT2D eigenvalue weighted by Gasteiger charge is -2.19. The van der Waals surface area contributed by atoms with Gasteiger partial charge in [0.2, 0.25) is 5.95 Å². The van der Waals surface area contributed by atoms with Crippen molar-refractivity contribution < 1.29 is 4.74 Å². The summed E-state index contributed by atoms with van der Waals surface area (Å²) in [5.74, 6) is 2.32. The van der Waals surface area contributed by atoms with E-state index in [0.717, 1.165) is 41.6 Å². The number of rotatable bonds is 5. The molecule has 3 aromatic rings. The minimum Gasteiger partial charge on any atom is -0.495 e. The highest BCUT2D eigenvalue weighted by atomic mass is 16.5.